The Kier molecular flexibility index (Phi) is 4.59. The van der Waals surface area contributed by atoms with Crippen molar-refractivity contribution in [2.24, 2.45) is 0 Å². The van der Waals surface area contributed by atoms with E-state index in [1.54, 1.807) is 0 Å². The second-order valence-corrected chi connectivity index (χ2v) is 5.05. The number of hydrogen-bond acceptors (Lipinski definition) is 2. The van der Waals surface area contributed by atoms with Gasteiger partial charge in [-0.25, -0.2) is 4.39 Å². The predicted molar refractivity (Wildman–Crippen MR) is 74.7 cm³/mol. The molecule has 1 fully saturated rings. The summed E-state index contributed by atoms with van der Waals surface area (Å²) in [6.07, 6.45) is 2.86. The number of hydrogen-bond donors (Lipinski definition) is 1. The van der Waals surface area contributed by atoms with Gasteiger partial charge in [-0.2, -0.15) is 0 Å². The number of rotatable bonds is 4. The lowest BCUT2D eigenvalue weighted by Gasteiger charge is -2.25. The monoisotopic (exact) mass is 253 g/mol. The summed E-state index contributed by atoms with van der Waals surface area (Å²) in [6.45, 7) is 5.69. The van der Waals surface area contributed by atoms with Crippen molar-refractivity contribution in [3.8, 4) is 0 Å². The number of benzene rings is 1. The molecule has 1 saturated heterocycles. The molecule has 2 rings (SSSR count). The molecular formula is C15H24FNO. The van der Waals surface area contributed by atoms with Crippen molar-refractivity contribution in [1.29, 1.82) is 0 Å². The van der Waals surface area contributed by atoms with Gasteiger partial charge in [0.15, 0.2) is 0 Å². The lowest BCUT2D eigenvalue weighted by Crippen LogP contribution is -2.28. The first-order chi connectivity index (χ1) is 8.72. The molecule has 1 N–H and O–H groups in total. The van der Waals surface area contributed by atoms with Crippen LogP contribution in [-0.4, -0.2) is 19.3 Å². The zero-order valence-electron chi connectivity index (χ0n) is 11.2. The third-order valence-electron chi connectivity index (χ3n) is 3.75. The predicted octanol–water partition coefficient (Wildman–Crippen LogP) is 4.18. The first-order valence-electron chi connectivity index (χ1n) is 6.85. The summed E-state index contributed by atoms with van der Waals surface area (Å²) < 4.78 is 19.7. The molecule has 0 aromatic heterocycles. The summed E-state index contributed by atoms with van der Waals surface area (Å²) in [5.41, 5.74) is 1.45. The Balaban J connectivity index is 0.00000180. The minimum Gasteiger partial charge on any atom is -0.381 e. The smallest absolute Gasteiger partial charge is 0.149 e. The summed E-state index contributed by atoms with van der Waals surface area (Å²) in [5.74, 6) is 0.180. The van der Waals surface area contributed by atoms with Gasteiger partial charge in [0.2, 0.25) is 0 Å². The van der Waals surface area contributed by atoms with E-state index < -0.39 is 0 Å². The molecule has 1 aliphatic rings. The Morgan fingerprint density at radius 3 is 2.83 bits per heavy atom. The first-order valence-corrected chi connectivity index (χ1v) is 6.85. The van der Waals surface area contributed by atoms with Crippen LogP contribution in [0.4, 0.5) is 10.1 Å². The second kappa shape index (κ2) is 6.19. The topological polar surface area (TPSA) is 21.3 Å². The highest BCUT2D eigenvalue weighted by molar-refractivity contribution is 5.49. The van der Waals surface area contributed by atoms with E-state index in [1.165, 1.54) is 0 Å². The molecule has 1 heterocycles. The average Bonchev–Trinajstić information content (AvgIpc) is 2.41. The molecule has 1 aliphatic heterocycles. The fourth-order valence-electron chi connectivity index (χ4n) is 2.32. The average molecular weight is 253 g/mol. The van der Waals surface area contributed by atoms with Crippen molar-refractivity contribution in [3.63, 3.8) is 0 Å². The maximum Gasteiger partial charge on any atom is 0.149 e. The molecule has 0 saturated carbocycles. The Morgan fingerprint density at radius 1 is 1.44 bits per heavy atom. The van der Waals surface area contributed by atoms with Crippen LogP contribution in [0.1, 0.15) is 46.0 Å². The molecule has 1 unspecified atom stereocenters. The summed E-state index contributed by atoms with van der Waals surface area (Å²) >= 11 is 0. The summed E-state index contributed by atoms with van der Waals surface area (Å²) in [4.78, 5) is 0. The van der Waals surface area contributed by atoms with Crippen LogP contribution in [0.25, 0.3) is 0 Å². The van der Waals surface area contributed by atoms with Crippen LogP contribution in [0.3, 0.4) is 0 Å². The van der Waals surface area contributed by atoms with Crippen LogP contribution < -0.4 is 5.32 Å². The van der Waals surface area contributed by atoms with Crippen molar-refractivity contribution < 1.29 is 10.6 Å². The van der Waals surface area contributed by atoms with Gasteiger partial charge in [0, 0.05) is 20.7 Å². The SMILES string of the molecule is CCC(C)c1cccc(NC2CCOCC2)c1F.[HH]. The van der Waals surface area contributed by atoms with Crippen LogP contribution in [0, 0.1) is 5.82 Å². The highest BCUT2D eigenvalue weighted by atomic mass is 19.1. The van der Waals surface area contributed by atoms with E-state index in [1.807, 2.05) is 18.2 Å². The lowest BCUT2D eigenvalue weighted by molar-refractivity contribution is 0.0904. The van der Waals surface area contributed by atoms with E-state index >= 15 is 0 Å². The van der Waals surface area contributed by atoms with Crippen LogP contribution >= 0.6 is 0 Å². The van der Waals surface area contributed by atoms with Crippen LogP contribution in [-0.2, 0) is 4.74 Å². The van der Waals surface area contributed by atoms with Crippen molar-refractivity contribution in [2.45, 2.75) is 45.1 Å². The van der Waals surface area contributed by atoms with Gasteiger partial charge in [-0.05, 0) is 36.8 Å². The molecule has 2 nitrogen and oxygen atoms in total. The maximum absolute atomic E-state index is 14.4. The molecule has 3 heteroatoms. The Morgan fingerprint density at radius 2 is 2.17 bits per heavy atom. The van der Waals surface area contributed by atoms with Crippen LogP contribution in [0.2, 0.25) is 0 Å². The molecule has 0 radical (unpaired) electrons. The van der Waals surface area contributed by atoms with Gasteiger partial charge >= 0.3 is 0 Å². The molecule has 18 heavy (non-hydrogen) atoms. The number of ether oxygens (including phenoxy) is 1. The van der Waals surface area contributed by atoms with Crippen LogP contribution in [0.5, 0.6) is 0 Å². The number of halogens is 1. The van der Waals surface area contributed by atoms with E-state index in [4.69, 9.17) is 4.74 Å². The second-order valence-electron chi connectivity index (χ2n) is 5.05. The fourth-order valence-corrected chi connectivity index (χ4v) is 2.32. The quantitative estimate of drug-likeness (QED) is 0.869. The molecule has 0 bridgehead atoms. The molecule has 1 atom stereocenters. The zero-order chi connectivity index (χ0) is 13.0. The van der Waals surface area contributed by atoms with Crippen molar-refractivity contribution >= 4 is 5.69 Å². The lowest BCUT2D eigenvalue weighted by atomic mass is 9.97. The fraction of sp³-hybridized carbons (Fsp3) is 0.600. The van der Waals surface area contributed by atoms with Gasteiger partial charge in [0.05, 0.1) is 5.69 Å². The van der Waals surface area contributed by atoms with Gasteiger partial charge < -0.3 is 10.1 Å². The van der Waals surface area contributed by atoms with Gasteiger partial charge in [-0.1, -0.05) is 26.0 Å². The van der Waals surface area contributed by atoms with Gasteiger partial charge in [0.1, 0.15) is 5.82 Å². The highest BCUT2D eigenvalue weighted by Crippen LogP contribution is 2.27. The van der Waals surface area contributed by atoms with Crippen molar-refractivity contribution in [1.82, 2.24) is 0 Å². The highest BCUT2D eigenvalue weighted by Gasteiger charge is 2.17. The zero-order valence-corrected chi connectivity index (χ0v) is 11.2. The third kappa shape index (κ3) is 3.02. The van der Waals surface area contributed by atoms with E-state index in [0.29, 0.717) is 11.7 Å². The summed E-state index contributed by atoms with van der Waals surface area (Å²) in [6, 6.07) is 5.99. The van der Waals surface area contributed by atoms with Gasteiger partial charge in [0.25, 0.3) is 0 Å². The minimum atomic E-state index is -0.0849. The number of anilines is 1. The van der Waals surface area contributed by atoms with E-state index in [9.17, 15) is 4.39 Å². The van der Waals surface area contributed by atoms with Crippen molar-refractivity contribution in [2.75, 3.05) is 18.5 Å². The van der Waals surface area contributed by atoms with Gasteiger partial charge in [-0.15, -0.1) is 0 Å². The summed E-state index contributed by atoms with van der Waals surface area (Å²) in [7, 11) is 0. The normalized spacial score (nSPS) is 18.6. The van der Waals surface area contributed by atoms with Crippen LogP contribution in [0.15, 0.2) is 18.2 Å². The Hall–Kier alpha value is -1.09. The first kappa shape index (κ1) is 13.3. The van der Waals surface area contributed by atoms with Crippen molar-refractivity contribution in [3.05, 3.63) is 29.6 Å². The van der Waals surface area contributed by atoms with E-state index in [0.717, 1.165) is 38.0 Å². The van der Waals surface area contributed by atoms with Gasteiger partial charge in [-0.3, -0.25) is 0 Å². The standard InChI is InChI=1S/C15H22FNO.H2/c1-3-11(2)13-5-4-6-14(15(13)16)17-12-7-9-18-10-8-12;/h4-6,11-12,17H,3,7-10H2,1-2H3;1H. The Labute approximate surface area is 110 Å². The summed E-state index contributed by atoms with van der Waals surface area (Å²) in [5, 5.41) is 3.31. The maximum atomic E-state index is 14.4. The molecule has 0 amide bonds. The minimum absolute atomic E-state index is 0. The third-order valence-corrected chi connectivity index (χ3v) is 3.75. The largest absolute Gasteiger partial charge is 0.381 e. The molecule has 102 valence electrons. The molecule has 1 aromatic carbocycles. The number of nitrogens with one attached hydrogen (secondary N) is 1. The molecule has 1 aromatic rings. The van der Waals surface area contributed by atoms with E-state index in [-0.39, 0.29) is 13.2 Å². The van der Waals surface area contributed by atoms with E-state index in [2.05, 4.69) is 19.2 Å². The molecule has 0 spiro atoms. The molecule has 0 aliphatic carbocycles. The molecular weight excluding hydrogens is 229 g/mol. The Bertz CT molecular complexity index is 394.